The summed E-state index contributed by atoms with van der Waals surface area (Å²) >= 11 is 0. The van der Waals surface area contributed by atoms with Gasteiger partial charge in [-0.15, -0.1) is 0 Å². The van der Waals surface area contributed by atoms with E-state index in [1.54, 1.807) is 23.7 Å². The van der Waals surface area contributed by atoms with Crippen LogP contribution in [-0.2, 0) is 21.6 Å². The molecular formula is C23H23N3O4. The van der Waals surface area contributed by atoms with Gasteiger partial charge in [-0.2, -0.15) is 0 Å². The highest BCUT2D eigenvalue weighted by molar-refractivity contribution is 6.00. The van der Waals surface area contributed by atoms with E-state index in [4.69, 9.17) is 9.94 Å². The number of para-hydroxylation sites is 1. The predicted molar refractivity (Wildman–Crippen MR) is 111 cm³/mol. The number of likely N-dealkylation sites (N-methyl/N-ethyl adjacent to an activating group) is 1. The van der Waals surface area contributed by atoms with Crippen molar-refractivity contribution in [3.8, 4) is 5.75 Å². The van der Waals surface area contributed by atoms with E-state index in [9.17, 15) is 9.59 Å². The third-order valence-electron chi connectivity index (χ3n) is 5.69. The van der Waals surface area contributed by atoms with Gasteiger partial charge in [-0.25, -0.2) is 5.48 Å². The van der Waals surface area contributed by atoms with Crippen LogP contribution in [0.2, 0.25) is 0 Å². The lowest BCUT2D eigenvalue weighted by molar-refractivity contribution is -0.133. The number of fused-ring (bicyclic) bond motifs is 1. The highest BCUT2D eigenvalue weighted by Gasteiger charge is 2.64. The second-order valence-corrected chi connectivity index (χ2v) is 7.54. The highest BCUT2D eigenvalue weighted by atomic mass is 16.5. The zero-order valence-electron chi connectivity index (χ0n) is 16.8. The third kappa shape index (κ3) is 3.37. The number of benzene rings is 2. The van der Waals surface area contributed by atoms with Crippen LogP contribution in [0.25, 0.3) is 10.9 Å². The van der Waals surface area contributed by atoms with Crippen molar-refractivity contribution >= 4 is 22.7 Å². The van der Waals surface area contributed by atoms with Crippen molar-refractivity contribution in [2.45, 2.75) is 25.4 Å². The molecule has 0 aliphatic heterocycles. The van der Waals surface area contributed by atoms with Crippen LogP contribution in [0.15, 0.2) is 54.6 Å². The molecule has 1 aliphatic carbocycles. The van der Waals surface area contributed by atoms with Crippen LogP contribution in [0.1, 0.15) is 23.2 Å². The number of hydrogen-bond donors (Lipinski definition) is 3. The van der Waals surface area contributed by atoms with Crippen LogP contribution in [0.3, 0.4) is 0 Å². The van der Waals surface area contributed by atoms with Crippen molar-refractivity contribution in [3.05, 3.63) is 71.4 Å². The summed E-state index contributed by atoms with van der Waals surface area (Å²) in [5, 5.41) is 12.7. The van der Waals surface area contributed by atoms with Crippen molar-refractivity contribution in [2.24, 2.45) is 5.92 Å². The molecular weight excluding hydrogens is 382 g/mol. The average molecular weight is 405 g/mol. The van der Waals surface area contributed by atoms with E-state index in [-0.39, 0.29) is 5.91 Å². The normalized spacial score (nSPS) is 19.9. The van der Waals surface area contributed by atoms with Crippen LogP contribution >= 0.6 is 0 Å². The SMILES string of the molecule is CNC(=O)[C@]1(c2cccc(OCc3cc(C)nc4ccccc34)c2)C[C@H]1C(=O)NO. The molecule has 4 rings (SSSR count). The highest BCUT2D eigenvalue weighted by Crippen LogP contribution is 2.55. The summed E-state index contributed by atoms with van der Waals surface area (Å²) in [7, 11) is 1.54. The van der Waals surface area contributed by atoms with Crippen LogP contribution in [-0.4, -0.2) is 29.1 Å². The number of hydroxylamine groups is 1. The Morgan fingerprint density at radius 2 is 2.00 bits per heavy atom. The van der Waals surface area contributed by atoms with Crippen LogP contribution in [0, 0.1) is 12.8 Å². The molecule has 1 saturated carbocycles. The summed E-state index contributed by atoms with van der Waals surface area (Å²) in [6.45, 7) is 2.30. The number of nitrogens with zero attached hydrogens (tertiary/aromatic N) is 1. The molecule has 7 nitrogen and oxygen atoms in total. The molecule has 1 heterocycles. The quantitative estimate of drug-likeness (QED) is 0.432. The van der Waals surface area contributed by atoms with Gasteiger partial charge in [-0.05, 0) is 43.2 Å². The zero-order valence-corrected chi connectivity index (χ0v) is 16.8. The van der Waals surface area contributed by atoms with Gasteiger partial charge in [-0.3, -0.25) is 19.8 Å². The fraction of sp³-hybridized carbons (Fsp3) is 0.261. The van der Waals surface area contributed by atoms with E-state index in [1.807, 2.05) is 43.3 Å². The van der Waals surface area contributed by atoms with Crippen LogP contribution < -0.4 is 15.5 Å². The van der Waals surface area contributed by atoms with E-state index >= 15 is 0 Å². The summed E-state index contributed by atoms with van der Waals surface area (Å²) in [5.74, 6) is -0.846. The van der Waals surface area contributed by atoms with E-state index in [0.717, 1.165) is 22.2 Å². The van der Waals surface area contributed by atoms with Gasteiger partial charge in [0.2, 0.25) is 11.8 Å². The Morgan fingerprint density at radius 3 is 2.77 bits per heavy atom. The second kappa shape index (κ2) is 7.76. The van der Waals surface area contributed by atoms with Gasteiger partial charge < -0.3 is 10.1 Å². The Bertz CT molecular complexity index is 1130. The first-order valence-electron chi connectivity index (χ1n) is 9.74. The summed E-state index contributed by atoms with van der Waals surface area (Å²) in [4.78, 5) is 29.1. The molecule has 0 bridgehead atoms. The van der Waals surface area contributed by atoms with Gasteiger partial charge in [0.15, 0.2) is 0 Å². The lowest BCUT2D eigenvalue weighted by atomic mass is 9.91. The van der Waals surface area contributed by atoms with Gasteiger partial charge >= 0.3 is 0 Å². The number of amides is 2. The molecule has 0 spiro atoms. The van der Waals surface area contributed by atoms with Crippen LogP contribution in [0.4, 0.5) is 0 Å². The zero-order chi connectivity index (χ0) is 21.3. The van der Waals surface area contributed by atoms with Crippen molar-refractivity contribution in [1.29, 1.82) is 0 Å². The number of aryl methyl sites for hydroxylation is 1. The molecule has 3 N–H and O–H groups in total. The van der Waals surface area contributed by atoms with Crippen LogP contribution in [0.5, 0.6) is 5.75 Å². The van der Waals surface area contributed by atoms with Crippen molar-refractivity contribution < 1.29 is 19.5 Å². The fourth-order valence-corrected chi connectivity index (χ4v) is 4.12. The molecule has 0 unspecified atom stereocenters. The molecule has 2 aromatic carbocycles. The molecule has 154 valence electrons. The number of carbonyl (C=O) groups excluding carboxylic acids is 2. The Labute approximate surface area is 174 Å². The first-order chi connectivity index (χ1) is 14.5. The summed E-state index contributed by atoms with van der Waals surface area (Å²) in [6.07, 6.45) is 0.330. The average Bonchev–Trinajstić information content (AvgIpc) is 3.53. The minimum atomic E-state index is -0.999. The van der Waals surface area contributed by atoms with Gasteiger partial charge in [0.05, 0.1) is 16.8 Å². The van der Waals surface area contributed by atoms with Crippen molar-refractivity contribution in [3.63, 3.8) is 0 Å². The lowest BCUT2D eigenvalue weighted by Crippen LogP contribution is -2.37. The molecule has 1 fully saturated rings. The predicted octanol–water partition coefficient (Wildman–Crippen LogP) is 2.63. The number of aromatic nitrogens is 1. The van der Waals surface area contributed by atoms with Gasteiger partial charge in [0.25, 0.3) is 0 Å². The molecule has 7 heteroatoms. The first kappa shape index (κ1) is 19.8. The lowest BCUT2D eigenvalue weighted by Gasteiger charge is -2.17. The van der Waals surface area contributed by atoms with Crippen molar-refractivity contribution in [2.75, 3.05) is 7.05 Å². The Morgan fingerprint density at radius 1 is 1.20 bits per heavy atom. The standard InChI is InChI=1S/C23H23N3O4/c1-14-10-15(18-8-3-4-9-20(18)25-14)13-30-17-7-5-6-16(11-17)23(22(28)24-2)12-19(23)21(27)26-29/h3-11,19,29H,12-13H2,1-2H3,(H,24,28)(H,26,27)/t19-,23-/m0/s1. The topological polar surface area (TPSA) is 101 Å². The number of hydrogen-bond acceptors (Lipinski definition) is 5. The minimum Gasteiger partial charge on any atom is -0.489 e. The fourth-order valence-electron chi connectivity index (χ4n) is 4.12. The largest absolute Gasteiger partial charge is 0.489 e. The van der Waals surface area contributed by atoms with Gasteiger partial charge in [0, 0.05) is 23.7 Å². The van der Waals surface area contributed by atoms with Gasteiger partial charge in [-0.1, -0.05) is 30.3 Å². The molecule has 0 saturated heterocycles. The smallest absolute Gasteiger partial charge is 0.247 e. The Hall–Kier alpha value is -3.45. The number of pyridine rings is 1. The molecule has 2 amide bonds. The van der Waals surface area contributed by atoms with E-state index in [2.05, 4.69) is 10.3 Å². The summed E-state index contributed by atoms with van der Waals surface area (Å²) in [5.41, 5.74) is 4.19. The van der Waals surface area contributed by atoms with E-state index in [1.165, 1.54) is 7.05 Å². The van der Waals surface area contributed by atoms with E-state index in [0.29, 0.717) is 24.3 Å². The maximum Gasteiger partial charge on any atom is 0.247 e. The Balaban J connectivity index is 1.60. The maximum atomic E-state index is 12.6. The number of rotatable bonds is 6. The third-order valence-corrected chi connectivity index (χ3v) is 5.69. The van der Waals surface area contributed by atoms with Gasteiger partial charge in [0.1, 0.15) is 12.4 Å². The molecule has 3 aromatic rings. The number of nitrogens with one attached hydrogen (secondary N) is 2. The molecule has 30 heavy (non-hydrogen) atoms. The molecule has 0 radical (unpaired) electrons. The monoisotopic (exact) mass is 405 g/mol. The maximum absolute atomic E-state index is 12.6. The first-order valence-corrected chi connectivity index (χ1v) is 9.74. The Kier molecular flexibility index (Phi) is 5.13. The van der Waals surface area contributed by atoms with E-state index < -0.39 is 17.2 Å². The molecule has 1 aliphatic rings. The molecule has 2 atom stereocenters. The number of carbonyl (C=O) groups is 2. The van der Waals surface area contributed by atoms with Crippen molar-refractivity contribution in [1.82, 2.24) is 15.8 Å². The second-order valence-electron chi connectivity index (χ2n) is 7.54. The number of ether oxygens (including phenoxy) is 1. The molecule has 1 aromatic heterocycles. The minimum absolute atomic E-state index is 0.260. The summed E-state index contributed by atoms with van der Waals surface area (Å²) in [6, 6.07) is 17.1. The summed E-state index contributed by atoms with van der Waals surface area (Å²) < 4.78 is 6.04.